The topological polar surface area (TPSA) is 87.2 Å². The summed E-state index contributed by atoms with van der Waals surface area (Å²) in [6.07, 6.45) is 2.15. The Labute approximate surface area is 108 Å². The largest absolute Gasteiger partial charge is 0.369 e. The molecule has 0 unspecified atom stereocenters. The second-order valence-corrected chi connectivity index (χ2v) is 5.86. The number of nitrogens with one attached hydrogen (secondary N) is 2. The Morgan fingerprint density at radius 1 is 1.22 bits per heavy atom. The van der Waals surface area contributed by atoms with Gasteiger partial charge in [0.15, 0.2) is 5.82 Å². The third-order valence-corrected chi connectivity index (χ3v) is 3.64. The predicted octanol–water partition coefficient (Wildman–Crippen LogP) is 0.907. The van der Waals surface area contributed by atoms with E-state index >= 15 is 0 Å². The summed E-state index contributed by atoms with van der Waals surface area (Å²) >= 11 is 0. The lowest BCUT2D eigenvalue weighted by Crippen LogP contribution is -2.29. The van der Waals surface area contributed by atoms with E-state index in [9.17, 15) is 8.42 Å². The molecule has 1 heterocycles. The first kappa shape index (κ1) is 14.7. The van der Waals surface area contributed by atoms with Gasteiger partial charge in [-0.15, -0.1) is 10.2 Å². The van der Waals surface area contributed by atoms with Gasteiger partial charge in [-0.3, -0.25) is 4.72 Å². The van der Waals surface area contributed by atoms with Gasteiger partial charge in [-0.1, -0.05) is 13.3 Å². The van der Waals surface area contributed by atoms with Crippen LogP contribution in [0.2, 0.25) is 0 Å². The van der Waals surface area contributed by atoms with Crippen LogP contribution in [0.4, 0.5) is 11.6 Å². The van der Waals surface area contributed by atoms with Crippen LogP contribution in [-0.4, -0.2) is 43.6 Å². The number of rotatable bonds is 7. The van der Waals surface area contributed by atoms with Gasteiger partial charge in [-0.2, -0.15) is 12.7 Å². The Kier molecular flexibility index (Phi) is 5.29. The second kappa shape index (κ2) is 6.50. The van der Waals surface area contributed by atoms with Crippen LogP contribution >= 0.6 is 0 Å². The number of unbranched alkanes of at least 4 members (excludes halogenated alkanes) is 1. The Morgan fingerprint density at radius 2 is 1.83 bits per heavy atom. The summed E-state index contributed by atoms with van der Waals surface area (Å²) < 4.78 is 26.4. The van der Waals surface area contributed by atoms with Crippen LogP contribution in [0.25, 0.3) is 0 Å². The van der Waals surface area contributed by atoms with Crippen molar-refractivity contribution in [2.75, 3.05) is 30.7 Å². The summed E-state index contributed by atoms with van der Waals surface area (Å²) in [6, 6.07) is 3.26. The van der Waals surface area contributed by atoms with E-state index in [-0.39, 0.29) is 5.82 Å². The molecule has 0 atom stereocenters. The highest BCUT2D eigenvalue weighted by Gasteiger charge is 2.13. The monoisotopic (exact) mass is 273 g/mol. The molecule has 1 aromatic heterocycles. The summed E-state index contributed by atoms with van der Waals surface area (Å²) in [7, 11) is -0.643. The normalized spacial score (nSPS) is 11.6. The van der Waals surface area contributed by atoms with Gasteiger partial charge in [0.25, 0.3) is 0 Å². The maximum absolute atomic E-state index is 11.5. The summed E-state index contributed by atoms with van der Waals surface area (Å²) in [5.41, 5.74) is 0. The molecule has 0 radical (unpaired) electrons. The van der Waals surface area contributed by atoms with Crippen molar-refractivity contribution in [2.45, 2.75) is 19.8 Å². The lowest BCUT2D eigenvalue weighted by Gasteiger charge is -2.12. The molecule has 2 N–H and O–H groups in total. The first-order valence-electron chi connectivity index (χ1n) is 5.73. The quantitative estimate of drug-likeness (QED) is 0.721. The number of aromatic nitrogens is 2. The van der Waals surface area contributed by atoms with Crippen molar-refractivity contribution >= 4 is 21.8 Å². The molecule has 7 nitrogen and oxygen atoms in total. The van der Waals surface area contributed by atoms with Crippen LogP contribution in [0.5, 0.6) is 0 Å². The summed E-state index contributed by atoms with van der Waals surface area (Å²) in [5.74, 6) is 0.834. The molecule has 0 saturated carbocycles. The second-order valence-electron chi connectivity index (χ2n) is 3.97. The van der Waals surface area contributed by atoms with E-state index in [1.54, 1.807) is 12.1 Å². The smallest absolute Gasteiger partial charge is 0.302 e. The predicted molar refractivity (Wildman–Crippen MR) is 71.7 cm³/mol. The highest BCUT2D eigenvalue weighted by Crippen LogP contribution is 2.08. The molecule has 0 aromatic carbocycles. The Balaban J connectivity index is 2.61. The Morgan fingerprint density at radius 3 is 2.33 bits per heavy atom. The van der Waals surface area contributed by atoms with Crippen molar-refractivity contribution in [3.8, 4) is 0 Å². The minimum absolute atomic E-state index is 0.199. The summed E-state index contributed by atoms with van der Waals surface area (Å²) in [5, 5.41) is 10.8. The lowest BCUT2D eigenvalue weighted by molar-refractivity contribution is 0.526. The number of nitrogens with zero attached hydrogens (tertiary/aromatic N) is 3. The molecule has 0 bridgehead atoms. The lowest BCUT2D eigenvalue weighted by atomic mass is 10.3. The zero-order valence-electron chi connectivity index (χ0n) is 10.8. The Bertz CT molecular complexity index is 458. The summed E-state index contributed by atoms with van der Waals surface area (Å²) in [4.78, 5) is 0. The molecular weight excluding hydrogens is 254 g/mol. The minimum atomic E-state index is -3.52. The van der Waals surface area contributed by atoms with Crippen LogP contribution in [0.3, 0.4) is 0 Å². The van der Waals surface area contributed by atoms with E-state index in [1.807, 2.05) is 0 Å². The third-order valence-electron chi connectivity index (χ3n) is 2.22. The molecule has 0 aliphatic rings. The molecule has 1 aromatic rings. The van der Waals surface area contributed by atoms with Crippen LogP contribution in [0, 0.1) is 0 Å². The van der Waals surface area contributed by atoms with Gasteiger partial charge in [0.2, 0.25) is 0 Å². The first-order valence-corrected chi connectivity index (χ1v) is 7.17. The fraction of sp³-hybridized carbons (Fsp3) is 0.600. The van der Waals surface area contributed by atoms with Crippen molar-refractivity contribution in [3.63, 3.8) is 0 Å². The maximum Gasteiger partial charge on any atom is 0.302 e. The molecule has 0 fully saturated rings. The van der Waals surface area contributed by atoms with Gasteiger partial charge in [0.05, 0.1) is 0 Å². The van der Waals surface area contributed by atoms with Gasteiger partial charge in [-0.05, 0) is 18.6 Å². The fourth-order valence-electron chi connectivity index (χ4n) is 1.10. The molecule has 0 amide bonds. The van der Waals surface area contributed by atoms with Crippen LogP contribution in [-0.2, 0) is 10.2 Å². The molecule has 0 aliphatic heterocycles. The van der Waals surface area contributed by atoms with E-state index < -0.39 is 10.2 Å². The average molecular weight is 273 g/mol. The number of anilines is 2. The van der Waals surface area contributed by atoms with Crippen molar-refractivity contribution in [1.82, 2.24) is 14.5 Å². The van der Waals surface area contributed by atoms with Crippen LogP contribution in [0.15, 0.2) is 12.1 Å². The number of hydrogen-bond donors (Lipinski definition) is 2. The molecular formula is C10H19N5O2S. The molecule has 0 aliphatic carbocycles. The van der Waals surface area contributed by atoms with Gasteiger partial charge >= 0.3 is 10.2 Å². The first-order chi connectivity index (χ1) is 8.45. The van der Waals surface area contributed by atoms with E-state index in [2.05, 4.69) is 27.2 Å². The molecule has 0 spiro atoms. The van der Waals surface area contributed by atoms with E-state index in [1.165, 1.54) is 14.1 Å². The minimum Gasteiger partial charge on any atom is -0.369 e. The van der Waals surface area contributed by atoms with Gasteiger partial charge in [-0.25, -0.2) is 0 Å². The fourth-order valence-corrected chi connectivity index (χ4v) is 1.65. The highest BCUT2D eigenvalue weighted by atomic mass is 32.2. The Hall–Kier alpha value is -1.41. The third kappa shape index (κ3) is 4.46. The molecule has 102 valence electrons. The van der Waals surface area contributed by atoms with Crippen molar-refractivity contribution in [1.29, 1.82) is 0 Å². The van der Waals surface area contributed by atoms with E-state index in [0.717, 1.165) is 23.7 Å². The van der Waals surface area contributed by atoms with E-state index in [0.29, 0.717) is 5.82 Å². The van der Waals surface area contributed by atoms with Gasteiger partial charge < -0.3 is 5.32 Å². The zero-order chi connectivity index (χ0) is 13.6. The molecule has 18 heavy (non-hydrogen) atoms. The van der Waals surface area contributed by atoms with Crippen LogP contribution < -0.4 is 10.0 Å². The van der Waals surface area contributed by atoms with Gasteiger partial charge in [0, 0.05) is 20.6 Å². The van der Waals surface area contributed by atoms with Crippen molar-refractivity contribution < 1.29 is 8.42 Å². The number of hydrogen-bond acceptors (Lipinski definition) is 5. The molecule has 1 rings (SSSR count). The van der Waals surface area contributed by atoms with E-state index in [4.69, 9.17) is 0 Å². The maximum atomic E-state index is 11.5. The van der Waals surface area contributed by atoms with Crippen molar-refractivity contribution in [2.24, 2.45) is 0 Å². The van der Waals surface area contributed by atoms with Crippen molar-refractivity contribution in [3.05, 3.63) is 12.1 Å². The summed E-state index contributed by atoms with van der Waals surface area (Å²) in [6.45, 7) is 2.93. The SMILES string of the molecule is CCCCNc1ccc(NS(=O)(=O)N(C)C)nn1. The van der Waals surface area contributed by atoms with Gasteiger partial charge in [0.1, 0.15) is 5.82 Å². The average Bonchev–Trinajstić information content (AvgIpc) is 2.31. The zero-order valence-corrected chi connectivity index (χ0v) is 11.7. The highest BCUT2D eigenvalue weighted by molar-refractivity contribution is 7.90. The molecule has 0 saturated heterocycles. The standard InChI is InChI=1S/C10H19N5O2S/c1-4-5-8-11-9-6-7-10(13-12-9)14-18(16,17)15(2)3/h6-7H,4-5,8H2,1-3H3,(H,11,12)(H,13,14). The molecule has 8 heteroatoms. The van der Waals surface area contributed by atoms with Crippen LogP contribution in [0.1, 0.15) is 19.8 Å².